The molecule has 0 amide bonds. The molecule has 2 aliphatic heterocycles. The molecule has 2 N–H and O–H groups in total. The highest BCUT2D eigenvalue weighted by Crippen LogP contribution is 2.16. The zero-order valence-corrected chi connectivity index (χ0v) is 21.3. The van der Waals surface area contributed by atoms with Crippen LogP contribution in [-0.4, -0.2) is 86.7 Å². The topological polar surface area (TPSA) is 59.0 Å². The predicted octanol–water partition coefficient (Wildman–Crippen LogP) is 2.38. The minimum atomic E-state index is 0. The number of halogens is 1. The molecule has 3 rings (SSSR count). The molecule has 3 heterocycles. The highest BCUT2D eigenvalue weighted by molar-refractivity contribution is 14.0. The van der Waals surface area contributed by atoms with E-state index in [2.05, 4.69) is 61.4 Å². The van der Waals surface area contributed by atoms with E-state index in [0.717, 1.165) is 63.5 Å². The summed E-state index contributed by atoms with van der Waals surface area (Å²) in [5.74, 6) is 1.94. The van der Waals surface area contributed by atoms with Crippen LogP contribution < -0.4 is 15.5 Å². The maximum Gasteiger partial charge on any atom is 0.191 e. The Hall–Kier alpha value is -1.13. The first-order valence-corrected chi connectivity index (χ1v) is 11.2. The lowest BCUT2D eigenvalue weighted by molar-refractivity contribution is 0.159. The zero-order chi connectivity index (χ0) is 20.5. The zero-order valence-electron chi connectivity index (χ0n) is 18.9. The quantitative estimate of drug-likeness (QED) is 0.245. The number of pyridine rings is 1. The average Bonchev–Trinajstić information content (AvgIpc) is 2.75. The van der Waals surface area contributed by atoms with Gasteiger partial charge >= 0.3 is 0 Å². The van der Waals surface area contributed by atoms with Crippen molar-refractivity contribution < 1.29 is 0 Å². The Morgan fingerprint density at radius 3 is 2.60 bits per heavy atom. The van der Waals surface area contributed by atoms with Crippen molar-refractivity contribution in [2.24, 2.45) is 4.99 Å². The number of likely N-dealkylation sites (N-methyl/N-ethyl adjacent to an activating group) is 1. The second-order valence-corrected chi connectivity index (χ2v) is 8.40. The van der Waals surface area contributed by atoms with Crippen molar-refractivity contribution >= 4 is 35.8 Å². The van der Waals surface area contributed by atoms with E-state index in [-0.39, 0.29) is 24.0 Å². The molecule has 1 aromatic rings. The van der Waals surface area contributed by atoms with E-state index in [4.69, 9.17) is 0 Å². The number of likely N-dealkylation sites (tertiary alicyclic amines) is 1. The van der Waals surface area contributed by atoms with Gasteiger partial charge in [-0.15, -0.1) is 24.0 Å². The molecular weight excluding hydrogens is 489 g/mol. The highest BCUT2D eigenvalue weighted by Gasteiger charge is 2.17. The highest BCUT2D eigenvalue weighted by atomic mass is 127. The summed E-state index contributed by atoms with van der Waals surface area (Å²) < 4.78 is 0. The summed E-state index contributed by atoms with van der Waals surface area (Å²) in [7, 11) is 4.01. The molecule has 2 aliphatic rings. The number of anilines is 1. The number of rotatable bonds is 7. The normalized spacial score (nSPS) is 21.2. The Bertz CT molecular complexity index is 629. The second kappa shape index (κ2) is 13.3. The molecule has 0 bridgehead atoms. The van der Waals surface area contributed by atoms with Crippen LogP contribution in [0.2, 0.25) is 0 Å². The molecule has 7 nitrogen and oxygen atoms in total. The van der Waals surface area contributed by atoms with E-state index in [1.165, 1.54) is 37.9 Å². The molecular formula is C22H40IN7. The molecule has 0 saturated carbocycles. The number of hydrogen-bond acceptors (Lipinski definition) is 5. The fraction of sp³-hybridized carbons (Fsp3) is 0.727. The van der Waals surface area contributed by atoms with Gasteiger partial charge in [-0.05, 0) is 51.4 Å². The van der Waals surface area contributed by atoms with E-state index in [9.17, 15) is 0 Å². The molecule has 0 aliphatic carbocycles. The number of nitrogens with one attached hydrogen (secondary N) is 2. The van der Waals surface area contributed by atoms with Crippen LogP contribution in [0.15, 0.2) is 23.3 Å². The van der Waals surface area contributed by atoms with Gasteiger partial charge in [-0.25, -0.2) is 4.98 Å². The number of piperazine rings is 1. The van der Waals surface area contributed by atoms with Crippen molar-refractivity contribution in [1.29, 1.82) is 0 Å². The fourth-order valence-electron chi connectivity index (χ4n) is 4.13. The number of hydrogen-bond donors (Lipinski definition) is 2. The number of guanidine groups is 1. The molecule has 170 valence electrons. The number of piperidine rings is 1. The van der Waals surface area contributed by atoms with Crippen LogP contribution in [-0.2, 0) is 6.54 Å². The van der Waals surface area contributed by atoms with Crippen molar-refractivity contribution in [2.45, 2.75) is 45.2 Å². The Balaban J connectivity index is 0.00000320. The number of aromatic nitrogens is 1. The summed E-state index contributed by atoms with van der Waals surface area (Å²) in [5.41, 5.74) is 1.17. The van der Waals surface area contributed by atoms with Gasteiger partial charge in [-0.2, -0.15) is 0 Å². The van der Waals surface area contributed by atoms with Crippen molar-refractivity contribution in [2.75, 3.05) is 64.8 Å². The minimum Gasteiger partial charge on any atom is -0.356 e. The molecule has 2 fully saturated rings. The van der Waals surface area contributed by atoms with Crippen LogP contribution in [0.4, 0.5) is 5.82 Å². The Kier molecular flexibility index (Phi) is 11.2. The van der Waals surface area contributed by atoms with Crippen LogP contribution in [0.25, 0.3) is 0 Å². The molecule has 30 heavy (non-hydrogen) atoms. The SMILES string of the molecule is CN=C(NCCCN1CCCCC1C)NCc1ccc(N2CCN(C)CC2)nc1.I. The van der Waals surface area contributed by atoms with Gasteiger partial charge in [0.05, 0.1) is 0 Å². The fourth-order valence-corrected chi connectivity index (χ4v) is 4.13. The maximum atomic E-state index is 4.67. The van der Waals surface area contributed by atoms with Gasteiger partial charge in [-0.1, -0.05) is 12.5 Å². The van der Waals surface area contributed by atoms with Crippen LogP contribution in [0.5, 0.6) is 0 Å². The van der Waals surface area contributed by atoms with Crippen LogP contribution in [0.1, 0.15) is 38.2 Å². The van der Waals surface area contributed by atoms with Crippen molar-refractivity contribution in [1.82, 2.24) is 25.4 Å². The van der Waals surface area contributed by atoms with E-state index >= 15 is 0 Å². The molecule has 1 aromatic heterocycles. The monoisotopic (exact) mass is 529 g/mol. The largest absolute Gasteiger partial charge is 0.356 e. The number of nitrogens with zero attached hydrogens (tertiary/aromatic N) is 5. The lowest BCUT2D eigenvalue weighted by atomic mass is 10.0. The first-order valence-electron chi connectivity index (χ1n) is 11.2. The van der Waals surface area contributed by atoms with E-state index < -0.39 is 0 Å². The third kappa shape index (κ3) is 7.85. The lowest BCUT2D eigenvalue weighted by Gasteiger charge is -2.33. The summed E-state index contributed by atoms with van der Waals surface area (Å²) in [4.78, 5) is 16.4. The summed E-state index contributed by atoms with van der Waals surface area (Å²) in [6.45, 7) is 10.8. The molecule has 8 heteroatoms. The maximum absolute atomic E-state index is 4.67. The van der Waals surface area contributed by atoms with Gasteiger partial charge in [0, 0.05) is 65.1 Å². The van der Waals surface area contributed by atoms with Gasteiger partial charge in [0.15, 0.2) is 5.96 Å². The second-order valence-electron chi connectivity index (χ2n) is 8.40. The van der Waals surface area contributed by atoms with E-state index in [1.807, 2.05) is 13.2 Å². The van der Waals surface area contributed by atoms with Crippen LogP contribution >= 0.6 is 24.0 Å². The summed E-state index contributed by atoms with van der Waals surface area (Å²) in [6, 6.07) is 5.04. The molecule has 1 unspecified atom stereocenters. The van der Waals surface area contributed by atoms with Gasteiger partial charge in [0.2, 0.25) is 0 Å². The summed E-state index contributed by atoms with van der Waals surface area (Å²) in [5, 5.41) is 6.84. The predicted molar refractivity (Wildman–Crippen MR) is 137 cm³/mol. The van der Waals surface area contributed by atoms with Gasteiger partial charge in [0.1, 0.15) is 5.82 Å². The molecule has 2 saturated heterocycles. The van der Waals surface area contributed by atoms with E-state index in [0.29, 0.717) is 0 Å². The van der Waals surface area contributed by atoms with E-state index in [1.54, 1.807) is 0 Å². The first kappa shape index (κ1) is 25.1. The Morgan fingerprint density at radius 1 is 1.13 bits per heavy atom. The standard InChI is InChI=1S/C22H39N7.HI/c1-19-7-4-5-11-28(19)12-6-10-24-22(23-2)26-18-20-8-9-21(25-17-20)29-15-13-27(3)14-16-29;/h8-9,17,19H,4-7,10-16,18H2,1-3H3,(H2,23,24,26);1H. The minimum absolute atomic E-state index is 0. The summed E-state index contributed by atoms with van der Waals surface area (Å²) >= 11 is 0. The molecule has 0 spiro atoms. The molecule has 1 atom stereocenters. The Morgan fingerprint density at radius 2 is 1.93 bits per heavy atom. The third-order valence-corrected chi connectivity index (χ3v) is 6.18. The van der Waals surface area contributed by atoms with Gasteiger partial charge < -0.3 is 25.3 Å². The van der Waals surface area contributed by atoms with Crippen LogP contribution in [0.3, 0.4) is 0 Å². The van der Waals surface area contributed by atoms with Crippen molar-refractivity contribution in [3.8, 4) is 0 Å². The van der Waals surface area contributed by atoms with Crippen molar-refractivity contribution in [3.63, 3.8) is 0 Å². The van der Waals surface area contributed by atoms with Gasteiger partial charge in [-0.3, -0.25) is 4.99 Å². The summed E-state index contributed by atoms with van der Waals surface area (Å²) in [6.07, 6.45) is 7.20. The van der Waals surface area contributed by atoms with Crippen molar-refractivity contribution in [3.05, 3.63) is 23.9 Å². The average molecular weight is 530 g/mol. The smallest absolute Gasteiger partial charge is 0.191 e. The number of aliphatic imine (C=N–C) groups is 1. The van der Waals surface area contributed by atoms with Crippen LogP contribution in [0, 0.1) is 0 Å². The molecule has 0 radical (unpaired) electrons. The first-order chi connectivity index (χ1) is 14.2. The lowest BCUT2D eigenvalue weighted by Crippen LogP contribution is -2.44. The Labute approximate surface area is 199 Å². The molecule has 0 aromatic carbocycles. The van der Waals surface area contributed by atoms with Gasteiger partial charge in [0.25, 0.3) is 0 Å². The third-order valence-electron chi connectivity index (χ3n) is 6.18.